The van der Waals surface area contributed by atoms with Crippen molar-refractivity contribution in [3.8, 4) is 17.2 Å². The lowest BCUT2D eigenvalue weighted by Crippen LogP contribution is -2.16. The molecule has 0 unspecified atom stereocenters. The maximum atomic E-state index is 14.7. The van der Waals surface area contributed by atoms with Crippen molar-refractivity contribution < 1.29 is 13.7 Å². The third-order valence-corrected chi connectivity index (χ3v) is 5.84. The van der Waals surface area contributed by atoms with Gasteiger partial charge in [-0.3, -0.25) is 0 Å². The fourth-order valence-electron chi connectivity index (χ4n) is 3.90. The summed E-state index contributed by atoms with van der Waals surface area (Å²) in [5.41, 5.74) is 1.75. The van der Waals surface area contributed by atoms with Crippen molar-refractivity contribution >= 4 is 5.82 Å². The molecule has 4 rings (SSSR count). The molecule has 13 heteroatoms. The Labute approximate surface area is 205 Å². The number of nitro groups is 1. The van der Waals surface area contributed by atoms with E-state index in [0.717, 1.165) is 18.4 Å². The second kappa shape index (κ2) is 10.7. The van der Waals surface area contributed by atoms with Crippen LogP contribution in [0.15, 0.2) is 36.4 Å². The summed E-state index contributed by atoms with van der Waals surface area (Å²) in [6.07, 6.45) is 3.05. The van der Waals surface area contributed by atoms with Gasteiger partial charge in [0.05, 0.1) is 6.54 Å². The van der Waals surface area contributed by atoms with E-state index in [1.54, 1.807) is 30.3 Å². The van der Waals surface area contributed by atoms with E-state index >= 15 is 0 Å². The molecule has 3 heterocycles. The van der Waals surface area contributed by atoms with Gasteiger partial charge >= 0.3 is 11.7 Å². The fourth-order valence-corrected chi connectivity index (χ4v) is 3.90. The van der Waals surface area contributed by atoms with Crippen molar-refractivity contribution in [1.29, 1.82) is 0 Å². The third-order valence-electron chi connectivity index (χ3n) is 5.84. The molecule has 0 aliphatic heterocycles. The molecule has 0 saturated heterocycles. The molecule has 11 nitrogen and oxygen atoms in total. The quantitative estimate of drug-likeness (QED) is 0.218. The number of halogens is 2. The van der Waals surface area contributed by atoms with Crippen LogP contribution in [0, 0.1) is 10.1 Å². The molecule has 0 radical (unpaired) electrons. The Kier molecular flexibility index (Phi) is 7.46. The number of aromatic nitrogens is 8. The number of aromatic amines is 1. The average molecular weight is 500 g/mol. The Morgan fingerprint density at radius 2 is 1.83 bits per heavy atom. The molecule has 36 heavy (non-hydrogen) atoms. The molecule has 3 aromatic heterocycles. The molecule has 1 N–H and O–H groups in total. The molecule has 190 valence electrons. The smallest absolute Gasteiger partial charge is 0.328 e. The Bertz CT molecular complexity index is 1300. The third kappa shape index (κ3) is 5.29. The number of H-pyrrole nitrogens is 1. The number of hydrogen-bond donors (Lipinski definition) is 1. The molecule has 0 aliphatic carbocycles. The number of rotatable bonds is 12. The summed E-state index contributed by atoms with van der Waals surface area (Å²) in [6.45, 7) is 4.15. The van der Waals surface area contributed by atoms with Crippen LogP contribution in [0.5, 0.6) is 0 Å². The Hall–Kier alpha value is -4.03. The van der Waals surface area contributed by atoms with Crippen LogP contribution in [0.4, 0.5) is 14.6 Å². The summed E-state index contributed by atoms with van der Waals surface area (Å²) < 4.78 is 32.3. The monoisotopic (exact) mass is 499 g/mol. The van der Waals surface area contributed by atoms with Crippen molar-refractivity contribution in [2.24, 2.45) is 0 Å². The van der Waals surface area contributed by atoms with Crippen LogP contribution in [0.3, 0.4) is 0 Å². The molecule has 0 spiro atoms. The zero-order chi connectivity index (χ0) is 25.7. The maximum absolute atomic E-state index is 14.7. The van der Waals surface area contributed by atoms with Crippen LogP contribution in [0.25, 0.3) is 17.2 Å². The number of hydrogen-bond acceptors (Lipinski definition) is 7. The second-order valence-corrected chi connectivity index (χ2v) is 8.51. The standard InChI is InChI=1S/C23H27F2N9O2/c1-3-5-7-19-26-22(23(24,25)14-6-4-2)29-32(19)15-16-8-10-17(11-9-16)33-18(21-27-30-31-28-21)12-13-20(33)34(35)36/h8-13H,3-7,14-15H2,1-2H3,(H,27,28,30,31). The molecule has 0 bridgehead atoms. The lowest BCUT2D eigenvalue weighted by Gasteiger charge is -2.11. The van der Waals surface area contributed by atoms with E-state index in [1.807, 2.05) is 13.8 Å². The molecule has 0 fully saturated rings. The highest BCUT2D eigenvalue weighted by molar-refractivity contribution is 5.60. The molecule has 1 aromatic carbocycles. The first-order chi connectivity index (χ1) is 17.3. The van der Waals surface area contributed by atoms with E-state index in [-0.39, 0.29) is 24.6 Å². The SMILES string of the molecule is CCCCc1nc(C(F)(F)CCCC)nn1Cc1ccc(-n2c(-c3nnn[nH]3)ccc2[N+](=O)[O-])cc1. The van der Waals surface area contributed by atoms with E-state index in [0.29, 0.717) is 36.5 Å². The highest BCUT2D eigenvalue weighted by atomic mass is 19.3. The van der Waals surface area contributed by atoms with Gasteiger partial charge in [-0.1, -0.05) is 38.8 Å². The van der Waals surface area contributed by atoms with Gasteiger partial charge in [-0.25, -0.2) is 14.8 Å². The minimum absolute atomic E-state index is 0.147. The Morgan fingerprint density at radius 3 is 2.47 bits per heavy atom. The number of aryl methyl sites for hydroxylation is 1. The van der Waals surface area contributed by atoms with E-state index in [2.05, 4.69) is 30.7 Å². The van der Waals surface area contributed by atoms with Gasteiger partial charge in [0.2, 0.25) is 11.6 Å². The largest absolute Gasteiger partial charge is 0.358 e. The first kappa shape index (κ1) is 25.1. The van der Waals surface area contributed by atoms with Gasteiger partial charge in [0, 0.05) is 18.9 Å². The number of unbranched alkanes of at least 4 members (excludes halogenated alkanes) is 2. The van der Waals surface area contributed by atoms with Gasteiger partial charge in [-0.2, -0.15) is 13.3 Å². The number of tetrazole rings is 1. The molecular weight excluding hydrogens is 472 g/mol. The average Bonchev–Trinajstić information content (AvgIpc) is 3.61. The summed E-state index contributed by atoms with van der Waals surface area (Å²) in [7, 11) is 0. The van der Waals surface area contributed by atoms with Crippen LogP contribution in [0.1, 0.15) is 63.2 Å². The highest BCUT2D eigenvalue weighted by Crippen LogP contribution is 2.32. The minimum Gasteiger partial charge on any atom is -0.358 e. The van der Waals surface area contributed by atoms with Crippen LogP contribution in [0.2, 0.25) is 0 Å². The molecule has 0 amide bonds. The summed E-state index contributed by atoms with van der Waals surface area (Å²) in [4.78, 5) is 15.3. The minimum atomic E-state index is -3.08. The van der Waals surface area contributed by atoms with Gasteiger partial charge in [-0.15, -0.1) is 10.2 Å². The lowest BCUT2D eigenvalue weighted by atomic mass is 10.1. The second-order valence-electron chi connectivity index (χ2n) is 8.51. The van der Waals surface area contributed by atoms with Gasteiger partial charge < -0.3 is 10.1 Å². The maximum Gasteiger partial charge on any atom is 0.328 e. The van der Waals surface area contributed by atoms with Crippen molar-refractivity contribution in [3.05, 3.63) is 63.7 Å². The van der Waals surface area contributed by atoms with Crippen molar-refractivity contribution in [2.75, 3.05) is 0 Å². The molecule has 0 aliphatic rings. The van der Waals surface area contributed by atoms with Crippen molar-refractivity contribution in [2.45, 2.75) is 64.8 Å². The number of nitrogens with zero attached hydrogens (tertiary/aromatic N) is 8. The zero-order valence-electron chi connectivity index (χ0n) is 20.1. The number of alkyl halides is 2. The van der Waals surface area contributed by atoms with Crippen LogP contribution < -0.4 is 0 Å². The molecular formula is C23H27F2N9O2. The van der Waals surface area contributed by atoms with Crippen LogP contribution in [-0.4, -0.2) is 44.9 Å². The number of nitrogens with one attached hydrogen (secondary N) is 1. The lowest BCUT2D eigenvalue weighted by molar-refractivity contribution is -0.390. The first-order valence-electron chi connectivity index (χ1n) is 11.9. The first-order valence-corrected chi connectivity index (χ1v) is 11.9. The van der Waals surface area contributed by atoms with Crippen LogP contribution >= 0.6 is 0 Å². The summed E-state index contributed by atoms with van der Waals surface area (Å²) in [5, 5.41) is 29.3. The van der Waals surface area contributed by atoms with Crippen molar-refractivity contribution in [3.63, 3.8) is 0 Å². The molecule has 0 saturated carbocycles. The summed E-state index contributed by atoms with van der Waals surface area (Å²) in [6, 6.07) is 9.93. The fraction of sp³-hybridized carbons (Fsp3) is 0.435. The van der Waals surface area contributed by atoms with E-state index < -0.39 is 16.7 Å². The van der Waals surface area contributed by atoms with Gasteiger partial charge in [0.15, 0.2) is 5.69 Å². The van der Waals surface area contributed by atoms with Gasteiger partial charge in [-0.05, 0) is 52.0 Å². The predicted molar refractivity (Wildman–Crippen MR) is 127 cm³/mol. The topological polar surface area (TPSA) is 133 Å². The van der Waals surface area contributed by atoms with E-state index in [9.17, 15) is 18.9 Å². The summed E-state index contributed by atoms with van der Waals surface area (Å²) >= 11 is 0. The predicted octanol–water partition coefficient (Wildman–Crippen LogP) is 4.83. The van der Waals surface area contributed by atoms with E-state index in [4.69, 9.17) is 0 Å². The van der Waals surface area contributed by atoms with Gasteiger partial charge in [0.25, 0.3) is 0 Å². The zero-order valence-corrected chi connectivity index (χ0v) is 20.1. The van der Waals surface area contributed by atoms with Gasteiger partial charge in [0.1, 0.15) is 11.5 Å². The Morgan fingerprint density at radius 1 is 1.08 bits per heavy atom. The molecule has 4 aromatic rings. The highest BCUT2D eigenvalue weighted by Gasteiger charge is 2.36. The number of benzene rings is 1. The van der Waals surface area contributed by atoms with Crippen molar-refractivity contribution in [1.82, 2.24) is 40.0 Å². The Balaban J connectivity index is 1.63. The normalized spacial score (nSPS) is 11.8. The van der Waals surface area contributed by atoms with E-state index in [1.165, 1.54) is 15.3 Å². The molecule has 0 atom stereocenters. The summed E-state index contributed by atoms with van der Waals surface area (Å²) in [5.74, 6) is -2.86. The van der Waals surface area contributed by atoms with Crippen LogP contribution in [-0.2, 0) is 18.9 Å².